The molecule has 1 aromatic heterocycles. The molecule has 1 heterocycles. The van der Waals surface area contributed by atoms with Crippen molar-refractivity contribution in [2.24, 2.45) is 5.10 Å². The average Bonchev–Trinajstić information content (AvgIpc) is 2.79. The molecule has 21 heavy (non-hydrogen) atoms. The van der Waals surface area contributed by atoms with Gasteiger partial charge in [0.05, 0.1) is 13.3 Å². The molecule has 0 aliphatic rings. The van der Waals surface area contributed by atoms with Gasteiger partial charge in [-0.25, -0.2) is 5.10 Å². The Balaban J connectivity index is 2.43. The molecular formula is C11H9F3N4O2S. The monoisotopic (exact) mass is 318 g/mol. The molecule has 10 heteroatoms. The van der Waals surface area contributed by atoms with Gasteiger partial charge < -0.3 is 9.84 Å². The van der Waals surface area contributed by atoms with Crippen molar-refractivity contribution in [2.45, 2.75) is 6.18 Å². The van der Waals surface area contributed by atoms with E-state index in [1.807, 2.05) is 5.10 Å². The molecule has 0 aliphatic heterocycles. The van der Waals surface area contributed by atoms with Crippen molar-refractivity contribution in [3.8, 4) is 11.5 Å². The van der Waals surface area contributed by atoms with Crippen LogP contribution in [0.5, 0.6) is 11.5 Å². The topological polar surface area (TPSA) is 75.4 Å². The van der Waals surface area contributed by atoms with Crippen molar-refractivity contribution < 1.29 is 23.0 Å². The summed E-state index contributed by atoms with van der Waals surface area (Å²) < 4.78 is 43.1. The highest BCUT2D eigenvalue weighted by Gasteiger charge is 2.37. The van der Waals surface area contributed by atoms with E-state index in [-0.39, 0.29) is 16.1 Å². The van der Waals surface area contributed by atoms with Gasteiger partial charge in [0.15, 0.2) is 0 Å². The molecular weight excluding hydrogens is 309 g/mol. The second kappa shape index (κ2) is 5.56. The number of halogens is 3. The number of hydrogen-bond donors (Lipinski definition) is 2. The number of aromatic amines is 1. The molecule has 0 amide bonds. The summed E-state index contributed by atoms with van der Waals surface area (Å²) in [7, 11) is 1.42. The number of nitrogens with zero attached hydrogens (tertiary/aromatic N) is 3. The van der Waals surface area contributed by atoms with Crippen LogP contribution < -0.4 is 4.74 Å². The maximum atomic E-state index is 12.7. The number of aromatic hydroxyl groups is 1. The van der Waals surface area contributed by atoms with Gasteiger partial charge in [0.25, 0.3) is 5.82 Å². The summed E-state index contributed by atoms with van der Waals surface area (Å²) in [6.45, 7) is 0. The molecule has 0 bridgehead atoms. The molecule has 2 rings (SSSR count). The van der Waals surface area contributed by atoms with Crippen LogP contribution in [0.3, 0.4) is 0 Å². The van der Waals surface area contributed by atoms with Gasteiger partial charge in [-0.3, -0.25) is 0 Å². The second-order valence-electron chi connectivity index (χ2n) is 3.83. The van der Waals surface area contributed by atoms with Gasteiger partial charge in [-0.15, -0.1) is 5.10 Å². The van der Waals surface area contributed by atoms with E-state index in [2.05, 4.69) is 22.4 Å². The van der Waals surface area contributed by atoms with Crippen LogP contribution in [0, 0.1) is 4.77 Å². The second-order valence-corrected chi connectivity index (χ2v) is 4.22. The lowest BCUT2D eigenvalue weighted by atomic mass is 10.2. The van der Waals surface area contributed by atoms with Crippen molar-refractivity contribution in [3.63, 3.8) is 0 Å². The maximum Gasteiger partial charge on any atom is 0.453 e. The van der Waals surface area contributed by atoms with Crippen molar-refractivity contribution in [1.29, 1.82) is 0 Å². The molecule has 0 fully saturated rings. The quantitative estimate of drug-likeness (QED) is 0.674. The summed E-state index contributed by atoms with van der Waals surface area (Å²) in [6.07, 6.45) is -3.68. The fourth-order valence-electron chi connectivity index (χ4n) is 1.47. The van der Waals surface area contributed by atoms with Crippen LogP contribution >= 0.6 is 12.2 Å². The fraction of sp³-hybridized carbons (Fsp3) is 0.182. The Labute approximate surface area is 121 Å². The number of nitrogens with one attached hydrogen (secondary N) is 1. The van der Waals surface area contributed by atoms with Gasteiger partial charge >= 0.3 is 6.18 Å². The Morgan fingerprint density at radius 2 is 2.19 bits per heavy atom. The summed E-state index contributed by atoms with van der Waals surface area (Å²) >= 11 is 4.68. The minimum atomic E-state index is -4.71. The number of alkyl halides is 3. The molecule has 1 aromatic carbocycles. The predicted molar refractivity (Wildman–Crippen MR) is 70.1 cm³/mol. The smallest absolute Gasteiger partial charge is 0.453 e. The molecule has 0 aliphatic carbocycles. The minimum absolute atomic E-state index is 0.164. The van der Waals surface area contributed by atoms with Gasteiger partial charge in [-0.05, 0) is 30.4 Å². The summed E-state index contributed by atoms with van der Waals surface area (Å²) in [5.41, 5.74) is 0.172. The zero-order chi connectivity index (χ0) is 15.6. The first-order valence-corrected chi connectivity index (χ1v) is 5.89. The van der Waals surface area contributed by atoms with Crippen LogP contribution in [-0.4, -0.2) is 33.3 Å². The lowest BCUT2D eigenvalue weighted by Gasteiger charge is -2.05. The summed E-state index contributed by atoms with van der Waals surface area (Å²) in [6, 6.07) is 4.24. The summed E-state index contributed by atoms with van der Waals surface area (Å²) in [5, 5.41) is 18.3. The highest BCUT2D eigenvalue weighted by molar-refractivity contribution is 7.71. The number of phenolic OH excluding ortho intramolecular Hbond substituents is 1. The van der Waals surface area contributed by atoms with E-state index in [4.69, 9.17) is 4.74 Å². The number of methoxy groups -OCH3 is 1. The molecule has 0 saturated heterocycles. The highest BCUT2D eigenvalue weighted by atomic mass is 32.1. The van der Waals surface area contributed by atoms with Crippen LogP contribution in [0.25, 0.3) is 0 Å². The Hall–Kier alpha value is -2.36. The molecule has 0 saturated carbocycles. The van der Waals surface area contributed by atoms with E-state index < -0.39 is 12.0 Å². The van der Waals surface area contributed by atoms with Gasteiger partial charge in [0.1, 0.15) is 11.5 Å². The number of ether oxygens (including phenoxy) is 1. The van der Waals surface area contributed by atoms with Gasteiger partial charge in [0, 0.05) is 5.56 Å². The predicted octanol–water partition coefficient (Wildman–Crippen LogP) is 2.56. The molecule has 0 atom stereocenters. The van der Waals surface area contributed by atoms with Crippen molar-refractivity contribution in [3.05, 3.63) is 34.4 Å². The fourth-order valence-corrected chi connectivity index (χ4v) is 1.64. The van der Waals surface area contributed by atoms with E-state index in [1.165, 1.54) is 25.3 Å². The third-order valence-electron chi connectivity index (χ3n) is 2.45. The van der Waals surface area contributed by atoms with Crippen molar-refractivity contribution in [2.75, 3.05) is 7.11 Å². The first kappa shape index (κ1) is 15.0. The highest BCUT2D eigenvalue weighted by Crippen LogP contribution is 2.27. The molecule has 0 spiro atoms. The van der Waals surface area contributed by atoms with E-state index in [1.54, 1.807) is 0 Å². The van der Waals surface area contributed by atoms with Crippen LogP contribution in [0.4, 0.5) is 13.2 Å². The maximum absolute atomic E-state index is 12.7. The zero-order valence-electron chi connectivity index (χ0n) is 10.5. The van der Waals surface area contributed by atoms with Gasteiger partial charge in [-0.2, -0.15) is 22.9 Å². The molecule has 2 aromatic rings. The normalized spacial score (nSPS) is 12.0. The van der Waals surface area contributed by atoms with E-state index in [9.17, 15) is 18.3 Å². The van der Waals surface area contributed by atoms with Crippen LogP contribution in [0.1, 0.15) is 11.4 Å². The number of rotatable bonds is 3. The largest absolute Gasteiger partial charge is 0.507 e. The Kier molecular flexibility index (Phi) is 3.98. The third-order valence-corrected chi connectivity index (χ3v) is 2.72. The summed E-state index contributed by atoms with van der Waals surface area (Å²) in [5.74, 6) is -1.03. The number of H-pyrrole nitrogens is 1. The molecule has 112 valence electrons. The lowest BCUT2D eigenvalue weighted by Crippen LogP contribution is -2.12. The number of phenols is 1. The Bertz CT molecular complexity index is 736. The van der Waals surface area contributed by atoms with Gasteiger partial charge in [-0.1, -0.05) is 0 Å². The SMILES string of the molecule is COc1ccc(O)c(/C=N/n2c(C(F)(F)F)n[nH]c2=S)c1. The first-order valence-electron chi connectivity index (χ1n) is 5.49. The number of hydrogen-bond acceptors (Lipinski definition) is 5. The molecule has 0 unspecified atom stereocenters. The molecule has 0 radical (unpaired) electrons. The number of aromatic nitrogens is 3. The van der Waals surface area contributed by atoms with E-state index in [0.29, 0.717) is 10.4 Å². The number of benzene rings is 1. The van der Waals surface area contributed by atoms with E-state index in [0.717, 1.165) is 6.21 Å². The lowest BCUT2D eigenvalue weighted by molar-refractivity contribution is -0.147. The summed E-state index contributed by atoms with van der Waals surface area (Å²) in [4.78, 5) is 0. The van der Waals surface area contributed by atoms with Crippen molar-refractivity contribution >= 4 is 18.4 Å². The Morgan fingerprint density at radius 1 is 1.48 bits per heavy atom. The van der Waals surface area contributed by atoms with Crippen molar-refractivity contribution in [1.82, 2.24) is 14.9 Å². The molecule has 6 nitrogen and oxygen atoms in total. The van der Waals surface area contributed by atoms with Crippen LogP contribution in [0.2, 0.25) is 0 Å². The zero-order valence-corrected chi connectivity index (χ0v) is 11.4. The average molecular weight is 318 g/mol. The first-order chi connectivity index (χ1) is 9.82. The Morgan fingerprint density at radius 3 is 2.81 bits per heavy atom. The van der Waals surface area contributed by atoms with Crippen LogP contribution in [-0.2, 0) is 6.18 Å². The third kappa shape index (κ3) is 3.21. The minimum Gasteiger partial charge on any atom is -0.507 e. The van der Waals surface area contributed by atoms with E-state index >= 15 is 0 Å². The van der Waals surface area contributed by atoms with Gasteiger partial charge in [0.2, 0.25) is 4.77 Å². The van der Waals surface area contributed by atoms with Crippen LogP contribution in [0.15, 0.2) is 23.3 Å². The standard InChI is InChI=1S/C11H9F3N4O2S/c1-20-7-2-3-8(19)6(4-7)5-15-18-9(11(12,13)14)16-17-10(18)21/h2-5,19H,1H3,(H,17,21)/b15-5+. The molecule has 2 N–H and O–H groups in total.